The SMILES string of the molecule is CC(C)(CCS(=O)(=O)CCCC(=O)O)NCl. The third-order valence-electron chi connectivity index (χ3n) is 2.14. The van der Waals surface area contributed by atoms with Gasteiger partial charge in [-0.1, -0.05) is 0 Å². The Kier molecular flexibility index (Phi) is 6.28. The number of carbonyl (C=O) groups is 1. The lowest BCUT2D eigenvalue weighted by molar-refractivity contribution is -0.137. The molecule has 2 N–H and O–H groups in total. The van der Waals surface area contributed by atoms with E-state index in [-0.39, 0.29) is 24.3 Å². The second-order valence-electron chi connectivity index (χ2n) is 4.38. The van der Waals surface area contributed by atoms with Gasteiger partial charge >= 0.3 is 5.97 Å². The number of hydrogen-bond donors (Lipinski definition) is 2. The fraction of sp³-hybridized carbons (Fsp3) is 0.889. The number of rotatable bonds is 8. The molecule has 0 rings (SSSR count). The molecule has 0 heterocycles. The quantitative estimate of drug-likeness (QED) is 0.648. The Morgan fingerprint density at radius 2 is 1.94 bits per heavy atom. The van der Waals surface area contributed by atoms with Gasteiger partial charge in [0.1, 0.15) is 9.84 Å². The van der Waals surface area contributed by atoms with Crippen molar-refractivity contribution in [3.05, 3.63) is 0 Å². The van der Waals surface area contributed by atoms with Gasteiger partial charge < -0.3 is 5.11 Å². The molecular formula is C9H18ClNO4S. The highest BCUT2D eigenvalue weighted by atomic mass is 35.5. The van der Waals surface area contributed by atoms with E-state index in [1.54, 1.807) is 13.8 Å². The number of hydrogen-bond acceptors (Lipinski definition) is 4. The molecule has 0 spiro atoms. The van der Waals surface area contributed by atoms with Crippen molar-refractivity contribution in [2.75, 3.05) is 11.5 Å². The number of aliphatic carboxylic acids is 1. The van der Waals surface area contributed by atoms with Crippen LogP contribution in [0.2, 0.25) is 0 Å². The topological polar surface area (TPSA) is 83.5 Å². The summed E-state index contributed by atoms with van der Waals surface area (Å²) in [5.41, 5.74) is -0.443. The molecule has 96 valence electrons. The summed E-state index contributed by atoms with van der Waals surface area (Å²) in [7, 11) is -3.18. The van der Waals surface area contributed by atoms with Crippen LogP contribution in [0.15, 0.2) is 0 Å². The zero-order chi connectivity index (χ0) is 12.8. The van der Waals surface area contributed by atoms with Gasteiger partial charge in [-0.25, -0.2) is 13.3 Å². The van der Waals surface area contributed by atoms with E-state index in [0.717, 1.165) is 0 Å². The number of halogens is 1. The molecule has 0 aliphatic carbocycles. The average Bonchev–Trinajstić information content (AvgIpc) is 2.14. The van der Waals surface area contributed by atoms with Gasteiger partial charge in [0.25, 0.3) is 0 Å². The molecule has 0 fully saturated rings. The van der Waals surface area contributed by atoms with E-state index in [2.05, 4.69) is 4.84 Å². The fourth-order valence-electron chi connectivity index (χ4n) is 1.00. The van der Waals surface area contributed by atoms with Crippen LogP contribution < -0.4 is 4.84 Å². The average molecular weight is 272 g/mol. The summed E-state index contributed by atoms with van der Waals surface area (Å²) in [4.78, 5) is 12.7. The van der Waals surface area contributed by atoms with Crippen molar-refractivity contribution in [2.24, 2.45) is 0 Å². The molecule has 0 saturated carbocycles. The highest BCUT2D eigenvalue weighted by Gasteiger charge is 2.20. The van der Waals surface area contributed by atoms with Crippen LogP contribution in [0.4, 0.5) is 0 Å². The van der Waals surface area contributed by atoms with Gasteiger partial charge in [0.05, 0.1) is 11.5 Å². The van der Waals surface area contributed by atoms with Gasteiger partial charge in [-0.2, -0.15) is 0 Å². The van der Waals surface area contributed by atoms with Crippen LogP contribution in [0.1, 0.15) is 33.1 Å². The Hall–Kier alpha value is -0.330. The van der Waals surface area contributed by atoms with E-state index in [1.165, 1.54) is 0 Å². The molecule has 0 aromatic rings. The standard InChI is InChI=1S/C9H18ClNO4S/c1-9(2,11-10)5-7-16(14,15)6-3-4-8(12)13/h11H,3-7H2,1-2H3,(H,12,13). The molecule has 0 aromatic heterocycles. The summed E-state index contributed by atoms with van der Waals surface area (Å²) in [6.07, 6.45) is 0.439. The summed E-state index contributed by atoms with van der Waals surface area (Å²) in [5, 5.41) is 8.39. The minimum Gasteiger partial charge on any atom is -0.481 e. The van der Waals surface area contributed by atoms with Crippen LogP contribution in [0.25, 0.3) is 0 Å². The first-order chi connectivity index (χ1) is 7.18. The van der Waals surface area contributed by atoms with Gasteiger partial charge in [-0.05, 0) is 38.5 Å². The molecule has 5 nitrogen and oxygen atoms in total. The minimum atomic E-state index is -3.18. The summed E-state index contributed by atoms with van der Waals surface area (Å²) >= 11 is 5.45. The second-order valence-corrected chi connectivity index (χ2v) is 6.87. The Labute approximate surface area is 101 Å². The molecule has 0 aliphatic heterocycles. The first-order valence-corrected chi connectivity index (χ1v) is 7.18. The molecular weight excluding hydrogens is 254 g/mol. The van der Waals surface area contributed by atoms with Crippen molar-refractivity contribution in [3.63, 3.8) is 0 Å². The molecule has 0 aliphatic rings. The highest BCUT2D eigenvalue weighted by molar-refractivity contribution is 7.91. The molecule has 0 atom stereocenters. The van der Waals surface area contributed by atoms with Gasteiger partial charge in [0, 0.05) is 12.0 Å². The summed E-state index contributed by atoms with van der Waals surface area (Å²) in [6.45, 7) is 3.60. The van der Waals surface area contributed by atoms with E-state index in [9.17, 15) is 13.2 Å². The minimum absolute atomic E-state index is 0.0132. The van der Waals surface area contributed by atoms with Gasteiger partial charge in [0.15, 0.2) is 0 Å². The lowest BCUT2D eigenvalue weighted by Gasteiger charge is -2.21. The molecule has 0 aromatic carbocycles. The third-order valence-corrected chi connectivity index (χ3v) is 4.39. The van der Waals surface area contributed by atoms with E-state index >= 15 is 0 Å². The second kappa shape index (κ2) is 6.42. The van der Waals surface area contributed by atoms with Crippen LogP contribution in [-0.2, 0) is 14.6 Å². The molecule has 0 saturated heterocycles. The van der Waals surface area contributed by atoms with Crippen molar-refractivity contribution in [2.45, 2.75) is 38.6 Å². The summed E-state index contributed by atoms with van der Waals surface area (Å²) in [6, 6.07) is 0. The van der Waals surface area contributed by atoms with E-state index in [4.69, 9.17) is 16.9 Å². The Balaban J connectivity index is 4.02. The first kappa shape index (κ1) is 15.7. The maximum absolute atomic E-state index is 11.5. The molecule has 0 unspecified atom stereocenters. The zero-order valence-corrected chi connectivity index (χ0v) is 11.1. The lowest BCUT2D eigenvalue weighted by Crippen LogP contribution is -2.35. The number of nitrogens with one attached hydrogen (secondary N) is 1. The Bertz CT molecular complexity index is 326. The van der Waals surface area contributed by atoms with E-state index < -0.39 is 21.3 Å². The number of carboxylic acid groups (broad SMARTS) is 1. The number of sulfone groups is 1. The van der Waals surface area contributed by atoms with E-state index in [0.29, 0.717) is 6.42 Å². The van der Waals surface area contributed by atoms with Crippen molar-refractivity contribution >= 4 is 27.6 Å². The Morgan fingerprint density at radius 3 is 2.38 bits per heavy atom. The van der Waals surface area contributed by atoms with E-state index in [1.807, 2.05) is 0 Å². The lowest BCUT2D eigenvalue weighted by atomic mass is 10.0. The van der Waals surface area contributed by atoms with Gasteiger partial charge in [0.2, 0.25) is 0 Å². The molecule has 7 heteroatoms. The molecule has 16 heavy (non-hydrogen) atoms. The fourth-order valence-corrected chi connectivity index (χ4v) is 2.71. The summed E-state index contributed by atoms with van der Waals surface area (Å²) in [5.74, 6) is -1.05. The molecule has 0 amide bonds. The maximum Gasteiger partial charge on any atom is 0.303 e. The largest absolute Gasteiger partial charge is 0.481 e. The highest BCUT2D eigenvalue weighted by Crippen LogP contribution is 2.12. The maximum atomic E-state index is 11.5. The van der Waals surface area contributed by atoms with Crippen molar-refractivity contribution in [3.8, 4) is 0 Å². The smallest absolute Gasteiger partial charge is 0.303 e. The van der Waals surface area contributed by atoms with Crippen LogP contribution >= 0.6 is 11.8 Å². The zero-order valence-electron chi connectivity index (χ0n) is 9.49. The first-order valence-electron chi connectivity index (χ1n) is 4.98. The van der Waals surface area contributed by atoms with Crippen LogP contribution in [0.3, 0.4) is 0 Å². The monoisotopic (exact) mass is 271 g/mol. The van der Waals surface area contributed by atoms with Gasteiger partial charge in [-0.15, -0.1) is 0 Å². The molecule has 0 bridgehead atoms. The summed E-state index contributed by atoms with van der Waals surface area (Å²) < 4.78 is 23.0. The predicted octanol–water partition coefficient (Wildman–Crippen LogP) is 1.18. The van der Waals surface area contributed by atoms with Crippen molar-refractivity contribution in [1.82, 2.24) is 4.84 Å². The third kappa shape index (κ3) is 7.90. The van der Waals surface area contributed by atoms with Crippen LogP contribution in [0.5, 0.6) is 0 Å². The number of carboxylic acids is 1. The van der Waals surface area contributed by atoms with Gasteiger partial charge in [-0.3, -0.25) is 4.79 Å². The van der Waals surface area contributed by atoms with Crippen molar-refractivity contribution in [1.29, 1.82) is 0 Å². The van der Waals surface area contributed by atoms with Crippen LogP contribution in [-0.4, -0.2) is 36.5 Å². The normalized spacial score (nSPS) is 12.7. The van der Waals surface area contributed by atoms with Crippen LogP contribution in [0, 0.1) is 0 Å². The van der Waals surface area contributed by atoms with Crippen molar-refractivity contribution < 1.29 is 18.3 Å². The molecule has 0 radical (unpaired) electrons. The Morgan fingerprint density at radius 1 is 1.38 bits per heavy atom. The predicted molar refractivity (Wildman–Crippen MR) is 63.2 cm³/mol.